The number of hydrogen-bond donors (Lipinski definition) is 0. The molecule has 0 atom stereocenters. The van der Waals surface area contributed by atoms with Gasteiger partial charge in [0.15, 0.2) is 0 Å². The Labute approximate surface area is 131 Å². The summed E-state index contributed by atoms with van der Waals surface area (Å²) in [4.78, 5) is 10.9. The zero-order valence-corrected chi connectivity index (χ0v) is 14.1. The highest BCUT2D eigenvalue weighted by Crippen LogP contribution is 2.34. The smallest absolute Gasteiger partial charge is 0.146 e. The molecule has 0 aromatic carbocycles. The Hall–Kier alpha value is -0.400. The molecule has 0 radical (unpaired) electrons. The van der Waals surface area contributed by atoms with Gasteiger partial charge in [-0.05, 0) is 43.4 Å². The second kappa shape index (κ2) is 4.56. The third-order valence-corrected chi connectivity index (χ3v) is 4.83. The van der Waals surface area contributed by atoms with Gasteiger partial charge < -0.3 is 4.57 Å². The number of aromatic nitrogens is 3. The molecule has 1 aliphatic rings. The van der Waals surface area contributed by atoms with Gasteiger partial charge >= 0.3 is 0 Å². The normalized spacial score (nSPS) is 17.9. The first-order chi connectivity index (χ1) is 8.88. The molecule has 0 unspecified atom stereocenters. The number of likely N-dealkylation sites (tertiary alicyclic amines) is 1. The van der Waals surface area contributed by atoms with E-state index in [1.54, 1.807) is 0 Å². The van der Waals surface area contributed by atoms with E-state index in [1.807, 2.05) is 0 Å². The van der Waals surface area contributed by atoms with E-state index in [0.29, 0.717) is 11.2 Å². The number of fused-ring (bicyclic) bond motifs is 1. The summed E-state index contributed by atoms with van der Waals surface area (Å²) in [7, 11) is 0. The fourth-order valence-electron chi connectivity index (χ4n) is 2.46. The molecular formula is C13H16ClIN4. The van der Waals surface area contributed by atoms with Crippen molar-refractivity contribution in [2.24, 2.45) is 0 Å². The molecule has 1 saturated heterocycles. The van der Waals surface area contributed by atoms with E-state index in [1.165, 1.54) is 6.33 Å². The molecule has 0 aliphatic carbocycles. The first kappa shape index (κ1) is 13.6. The molecule has 102 valence electrons. The van der Waals surface area contributed by atoms with E-state index in [2.05, 4.69) is 69.0 Å². The molecule has 3 rings (SSSR count). The lowest BCUT2D eigenvalue weighted by atomic mass is 9.97. The summed E-state index contributed by atoms with van der Waals surface area (Å²) in [6.07, 6.45) is 3.67. The molecule has 1 fully saturated rings. The molecule has 0 saturated carbocycles. The number of halogens is 2. The monoisotopic (exact) mass is 390 g/mol. The van der Waals surface area contributed by atoms with Crippen molar-refractivity contribution in [2.75, 3.05) is 13.1 Å². The van der Waals surface area contributed by atoms with Gasteiger partial charge in [-0.25, -0.2) is 9.97 Å². The first-order valence-electron chi connectivity index (χ1n) is 6.29. The van der Waals surface area contributed by atoms with Gasteiger partial charge in [0.1, 0.15) is 17.1 Å². The zero-order chi connectivity index (χ0) is 13.8. The van der Waals surface area contributed by atoms with E-state index in [4.69, 9.17) is 11.6 Å². The lowest BCUT2D eigenvalue weighted by Crippen LogP contribution is -2.56. The van der Waals surface area contributed by atoms with Crippen molar-refractivity contribution < 1.29 is 0 Å². The second-order valence-corrected chi connectivity index (χ2v) is 7.50. The van der Waals surface area contributed by atoms with Crippen molar-refractivity contribution in [1.82, 2.24) is 19.4 Å². The average molecular weight is 391 g/mol. The van der Waals surface area contributed by atoms with Gasteiger partial charge in [-0.2, -0.15) is 0 Å². The van der Waals surface area contributed by atoms with Crippen LogP contribution in [0.3, 0.4) is 0 Å². The van der Waals surface area contributed by atoms with Crippen molar-refractivity contribution in [3.63, 3.8) is 0 Å². The van der Waals surface area contributed by atoms with Crippen molar-refractivity contribution >= 4 is 45.2 Å². The van der Waals surface area contributed by atoms with Crippen LogP contribution in [0.1, 0.15) is 26.8 Å². The summed E-state index contributed by atoms with van der Waals surface area (Å²) >= 11 is 8.46. The molecule has 6 heteroatoms. The molecule has 0 N–H and O–H groups in total. The molecular weight excluding hydrogens is 375 g/mol. The predicted molar refractivity (Wildman–Crippen MR) is 85.6 cm³/mol. The zero-order valence-electron chi connectivity index (χ0n) is 11.2. The van der Waals surface area contributed by atoms with Gasteiger partial charge in [-0.1, -0.05) is 11.6 Å². The Bertz CT molecular complexity index is 625. The van der Waals surface area contributed by atoms with Crippen molar-refractivity contribution in [1.29, 1.82) is 0 Å². The third kappa shape index (κ3) is 2.25. The molecule has 0 amide bonds. The lowest BCUT2D eigenvalue weighted by Gasteiger charge is -2.48. The highest BCUT2D eigenvalue weighted by atomic mass is 127. The Morgan fingerprint density at radius 2 is 2.00 bits per heavy atom. The Balaban J connectivity index is 1.94. The second-order valence-electron chi connectivity index (χ2n) is 5.98. The summed E-state index contributed by atoms with van der Waals surface area (Å²) in [6, 6.07) is 0.483. The molecule has 0 spiro atoms. The molecule has 19 heavy (non-hydrogen) atoms. The van der Waals surface area contributed by atoms with E-state index >= 15 is 0 Å². The van der Waals surface area contributed by atoms with Crippen LogP contribution in [-0.4, -0.2) is 38.1 Å². The number of nitrogens with zero attached hydrogens (tertiary/aromatic N) is 4. The van der Waals surface area contributed by atoms with Crippen molar-refractivity contribution in [3.8, 4) is 0 Å². The Kier molecular flexibility index (Phi) is 3.26. The third-order valence-electron chi connectivity index (χ3n) is 3.72. The minimum Gasteiger partial charge on any atom is -0.326 e. The van der Waals surface area contributed by atoms with Gasteiger partial charge in [-0.15, -0.1) is 0 Å². The molecule has 0 bridgehead atoms. The van der Waals surface area contributed by atoms with Crippen LogP contribution >= 0.6 is 34.2 Å². The summed E-state index contributed by atoms with van der Waals surface area (Å²) in [6.45, 7) is 8.87. The standard InChI is InChI=1S/C13H16ClIN4/c1-13(2,3)18-4-8(5-18)19-6-9(15)10-11(14)16-7-17-12(10)19/h6-8H,4-5H2,1-3H3. The SMILES string of the molecule is CC(C)(C)N1CC(n2cc(I)c3c(Cl)ncnc32)C1. The molecule has 1 aliphatic heterocycles. The first-order valence-corrected chi connectivity index (χ1v) is 7.75. The van der Waals surface area contributed by atoms with Crippen molar-refractivity contribution in [3.05, 3.63) is 21.2 Å². The van der Waals surface area contributed by atoms with E-state index in [0.717, 1.165) is 27.7 Å². The van der Waals surface area contributed by atoms with Crippen LogP contribution in [0.15, 0.2) is 12.5 Å². The van der Waals surface area contributed by atoms with Gasteiger partial charge in [0.25, 0.3) is 0 Å². The summed E-state index contributed by atoms with van der Waals surface area (Å²) in [5, 5.41) is 1.51. The highest BCUT2D eigenvalue weighted by Gasteiger charge is 2.36. The molecule has 2 aromatic heterocycles. The van der Waals surface area contributed by atoms with Gasteiger partial charge in [0.2, 0.25) is 0 Å². The summed E-state index contributed by atoms with van der Waals surface area (Å²) in [5.41, 5.74) is 1.18. The van der Waals surface area contributed by atoms with Crippen LogP contribution in [0.4, 0.5) is 0 Å². The maximum Gasteiger partial charge on any atom is 0.146 e. The minimum absolute atomic E-state index is 0.235. The highest BCUT2D eigenvalue weighted by molar-refractivity contribution is 14.1. The van der Waals surface area contributed by atoms with Crippen LogP contribution in [-0.2, 0) is 0 Å². The number of rotatable bonds is 1. The van der Waals surface area contributed by atoms with Crippen LogP contribution in [0.5, 0.6) is 0 Å². The van der Waals surface area contributed by atoms with E-state index < -0.39 is 0 Å². The fraction of sp³-hybridized carbons (Fsp3) is 0.538. The maximum atomic E-state index is 6.16. The van der Waals surface area contributed by atoms with Crippen LogP contribution < -0.4 is 0 Å². The number of hydrogen-bond acceptors (Lipinski definition) is 3. The van der Waals surface area contributed by atoms with Crippen LogP contribution in [0, 0.1) is 3.57 Å². The van der Waals surface area contributed by atoms with E-state index in [-0.39, 0.29) is 5.54 Å². The Morgan fingerprint density at radius 3 is 2.63 bits per heavy atom. The lowest BCUT2D eigenvalue weighted by molar-refractivity contribution is 0.0219. The van der Waals surface area contributed by atoms with E-state index in [9.17, 15) is 0 Å². The summed E-state index contributed by atoms with van der Waals surface area (Å²) < 4.78 is 3.36. The van der Waals surface area contributed by atoms with Crippen LogP contribution in [0.25, 0.3) is 11.0 Å². The minimum atomic E-state index is 0.235. The molecule has 3 heterocycles. The quantitative estimate of drug-likeness (QED) is 0.553. The van der Waals surface area contributed by atoms with Crippen molar-refractivity contribution in [2.45, 2.75) is 32.4 Å². The predicted octanol–water partition coefficient (Wildman–Crippen LogP) is 3.34. The molecule has 4 nitrogen and oxygen atoms in total. The molecule has 2 aromatic rings. The largest absolute Gasteiger partial charge is 0.326 e. The fourth-order valence-corrected chi connectivity index (χ4v) is 3.65. The van der Waals surface area contributed by atoms with Gasteiger partial charge in [0.05, 0.1) is 11.4 Å². The Morgan fingerprint density at radius 1 is 1.32 bits per heavy atom. The van der Waals surface area contributed by atoms with Gasteiger partial charge in [-0.3, -0.25) is 4.90 Å². The van der Waals surface area contributed by atoms with Gasteiger partial charge in [0, 0.05) is 28.4 Å². The summed E-state index contributed by atoms with van der Waals surface area (Å²) in [5.74, 6) is 0. The maximum absolute atomic E-state index is 6.16. The van der Waals surface area contributed by atoms with Crippen LogP contribution in [0.2, 0.25) is 5.15 Å². The topological polar surface area (TPSA) is 34.0 Å². The average Bonchev–Trinajstić information content (AvgIpc) is 2.53.